The molecule has 0 saturated carbocycles. The fourth-order valence-corrected chi connectivity index (χ4v) is 10.5. The van der Waals surface area contributed by atoms with Gasteiger partial charge in [0.25, 0.3) is 0 Å². The van der Waals surface area contributed by atoms with Crippen molar-refractivity contribution in [3.8, 4) is 0 Å². The van der Waals surface area contributed by atoms with Crippen LogP contribution in [0.2, 0.25) is 0 Å². The van der Waals surface area contributed by atoms with E-state index >= 15 is 0 Å². The van der Waals surface area contributed by atoms with Crippen LogP contribution < -0.4 is 5.11 Å². The Kier molecular flexibility index (Phi) is 68.1. The number of carbonyl (C=O) groups excluding carboxylic acids is 3. The van der Waals surface area contributed by atoms with Crippen LogP contribution in [0.5, 0.6) is 0 Å². The monoisotopic (exact) mass is 1270 g/mol. The van der Waals surface area contributed by atoms with Crippen molar-refractivity contribution in [2.75, 3.05) is 47.5 Å². The Morgan fingerprint density at radius 3 is 0.934 bits per heavy atom. The molecule has 0 bridgehead atoms. The van der Waals surface area contributed by atoms with Crippen molar-refractivity contribution >= 4 is 17.9 Å². The predicted octanol–water partition coefficient (Wildman–Crippen LogP) is 22.6. The van der Waals surface area contributed by atoms with Gasteiger partial charge in [0.2, 0.25) is 0 Å². The minimum absolute atomic E-state index is 0.144. The Labute approximate surface area is 561 Å². The standard InChI is InChI=1S/C82H141NO8/c1-6-8-10-12-14-16-18-20-22-24-26-28-30-32-34-36-37-38-39-40-41-42-43-45-47-49-51-53-55-57-59-61-63-65-67-69-71-73-80(85)91-78(77-90-82(81(86)87)88-75-74-83(3,4)5)76-89-79(84)72-70-68-66-64-62-60-58-56-54-52-50-48-46-44-35-33-31-29-27-25-23-21-19-17-15-13-11-9-7-2/h8,10,14,16,19-22,25-28,32,34,37-38,40-41,43,45,78,82H,6-7,9,11-13,15,17-18,23-24,29-31,33,35-36,39,42,44,46-77H2,1-5H3/b10-8-,16-14-,21-19-,22-20-,27-25-,28-26-,34-32-,38-37-,41-40-,45-43-. The van der Waals surface area contributed by atoms with Crippen LogP contribution in [0, 0.1) is 0 Å². The highest BCUT2D eigenvalue weighted by Crippen LogP contribution is 2.18. The van der Waals surface area contributed by atoms with Crippen LogP contribution in [-0.2, 0) is 33.3 Å². The van der Waals surface area contributed by atoms with Crippen molar-refractivity contribution in [2.24, 2.45) is 0 Å². The number of hydrogen-bond donors (Lipinski definition) is 0. The Balaban J connectivity index is 4.10. The second-order valence-electron chi connectivity index (χ2n) is 26.2. The van der Waals surface area contributed by atoms with Crippen molar-refractivity contribution in [2.45, 2.75) is 334 Å². The normalized spacial score (nSPS) is 13.4. The van der Waals surface area contributed by atoms with E-state index in [4.69, 9.17) is 18.9 Å². The average Bonchev–Trinajstić information content (AvgIpc) is 3.50. The molecule has 0 aromatic carbocycles. The van der Waals surface area contributed by atoms with Crippen molar-refractivity contribution in [1.82, 2.24) is 0 Å². The summed E-state index contributed by atoms with van der Waals surface area (Å²) in [5.74, 6) is -2.28. The van der Waals surface area contributed by atoms with E-state index in [-0.39, 0.29) is 38.6 Å². The fourth-order valence-electron chi connectivity index (χ4n) is 10.5. The number of aliphatic carboxylic acids is 1. The van der Waals surface area contributed by atoms with E-state index in [1.807, 2.05) is 21.1 Å². The lowest BCUT2D eigenvalue weighted by molar-refractivity contribution is -0.870. The van der Waals surface area contributed by atoms with Gasteiger partial charge in [-0.2, -0.15) is 0 Å². The zero-order valence-electron chi connectivity index (χ0n) is 59.7. The first-order valence-electron chi connectivity index (χ1n) is 37.7. The van der Waals surface area contributed by atoms with E-state index in [0.29, 0.717) is 17.4 Å². The molecule has 9 nitrogen and oxygen atoms in total. The van der Waals surface area contributed by atoms with Gasteiger partial charge in [-0.1, -0.05) is 322 Å². The first kappa shape index (κ1) is 86.7. The third-order valence-electron chi connectivity index (χ3n) is 16.2. The summed E-state index contributed by atoms with van der Waals surface area (Å²) in [6, 6.07) is 0. The van der Waals surface area contributed by atoms with Gasteiger partial charge in [-0.3, -0.25) is 9.59 Å². The van der Waals surface area contributed by atoms with Crippen LogP contribution in [-0.4, -0.2) is 82.3 Å². The van der Waals surface area contributed by atoms with Crippen LogP contribution >= 0.6 is 0 Å². The lowest BCUT2D eigenvalue weighted by Gasteiger charge is -2.26. The average molecular weight is 1270 g/mol. The molecule has 91 heavy (non-hydrogen) atoms. The summed E-state index contributed by atoms with van der Waals surface area (Å²) in [5.41, 5.74) is 0. The molecule has 0 spiro atoms. The van der Waals surface area contributed by atoms with E-state index in [1.165, 1.54) is 193 Å². The van der Waals surface area contributed by atoms with Gasteiger partial charge < -0.3 is 33.3 Å². The topological polar surface area (TPSA) is 111 Å². The zero-order chi connectivity index (χ0) is 66.1. The van der Waals surface area contributed by atoms with Gasteiger partial charge >= 0.3 is 11.9 Å². The minimum Gasteiger partial charge on any atom is -0.545 e. The van der Waals surface area contributed by atoms with Gasteiger partial charge in [0.1, 0.15) is 13.2 Å². The second kappa shape index (κ2) is 71.5. The number of likely N-dealkylation sites (N-methyl/N-ethyl adjacent to an activating group) is 1. The summed E-state index contributed by atoms with van der Waals surface area (Å²) in [7, 11) is 5.93. The fraction of sp³-hybridized carbons (Fsp3) is 0.720. The van der Waals surface area contributed by atoms with Gasteiger partial charge in [0, 0.05) is 12.8 Å². The molecule has 0 rings (SSSR count). The van der Waals surface area contributed by atoms with Gasteiger partial charge in [0.15, 0.2) is 12.4 Å². The predicted molar refractivity (Wildman–Crippen MR) is 389 cm³/mol. The van der Waals surface area contributed by atoms with Gasteiger partial charge in [-0.05, 0) is 109 Å². The number of hydrogen-bond acceptors (Lipinski definition) is 8. The first-order chi connectivity index (χ1) is 44.6. The van der Waals surface area contributed by atoms with Crippen LogP contribution in [0.15, 0.2) is 122 Å². The first-order valence-corrected chi connectivity index (χ1v) is 37.7. The number of nitrogens with zero attached hydrogens (tertiary/aromatic N) is 1. The summed E-state index contributed by atoms with van der Waals surface area (Å²) in [6.07, 6.45) is 98.6. The molecular formula is C82H141NO8. The number of unbranched alkanes of at least 4 members (excludes halogenated alkanes) is 34. The van der Waals surface area contributed by atoms with E-state index in [0.717, 1.165) is 96.3 Å². The number of rotatable bonds is 69. The molecule has 0 N–H and O–H groups in total. The Bertz CT molecular complexity index is 1910. The van der Waals surface area contributed by atoms with Crippen LogP contribution in [0.4, 0.5) is 0 Å². The summed E-state index contributed by atoms with van der Waals surface area (Å²) in [4.78, 5) is 37.6. The molecule has 0 fully saturated rings. The Morgan fingerprint density at radius 1 is 0.341 bits per heavy atom. The largest absolute Gasteiger partial charge is 0.545 e. The number of ether oxygens (including phenoxy) is 4. The second-order valence-corrected chi connectivity index (χ2v) is 26.2. The number of allylic oxidation sites excluding steroid dienone is 20. The molecule has 0 radical (unpaired) electrons. The molecule has 0 aliphatic heterocycles. The quantitative estimate of drug-likeness (QED) is 0.0195. The molecule has 522 valence electrons. The van der Waals surface area contributed by atoms with Crippen LogP contribution in [0.1, 0.15) is 322 Å². The summed E-state index contributed by atoms with van der Waals surface area (Å²) < 4.78 is 22.8. The maximum atomic E-state index is 13.0. The van der Waals surface area contributed by atoms with E-state index < -0.39 is 24.3 Å². The molecule has 0 amide bonds. The Hall–Kier alpha value is -4.31. The highest BCUT2D eigenvalue weighted by molar-refractivity contribution is 5.70. The number of quaternary nitrogens is 1. The smallest absolute Gasteiger partial charge is 0.306 e. The third kappa shape index (κ3) is 73.0. The molecule has 9 heteroatoms. The number of carboxylic acid groups (broad SMARTS) is 1. The maximum absolute atomic E-state index is 13.0. The van der Waals surface area contributed by atoms with Gasteiger partial charge in [-0.15, -0.1) is 0 Å². The Morgan fingerprint density at radius 2 is 0.626 bits per heavy atom. The lowest BCUT2D eigenvalue weighted by atomic mass is 10.0. The van der Waals surface area contributed by atoms with Gasteiger partial charge in [-0.25, -0.2) is 0 Å². The van der Waals surface area contributed by atoms with Gasteiger partial charge in [0.05, 0.1) is 40.3 Å². The van der Waals surface area contributed by atoms with Crippen molar-refractivity contribution in [3.05, 3.63) is 122 Å². The highest BCUT2D eigenvalue weighted by atomic mass is 16.7. The van der Waals surface area contributed by atoms with E-state index in [9.17, 15) is 19.5 Å². The summed E-state index contributed by atoms with van der Waals surface area (Å²) in [5, 5.41) is 11.8. The van der Waals surface area contributed by atoms with E-state index in [2.05, 4.69) is 135 Å². The summed E-state index contributed by atoms with van der Waals surface area (Å²) in [6.45, 7) is 4.65. The molecule has 0 heterocycles. The highest BCUT2D eigenvalue weighted by Gasteiger charge is 2.22. The summed E-state index contributed by atoms with van der Waals surface area (Å²) >= 11 is 0. The van der Waals surface area contributed by atoms with Crippen molar-refractivity contribution in [3.63, 3.8) is 0 Å². The molecule has 0 aromatic rings. The van der Waals surface area contributed by atoms with Crippen molar-refractivity contribution < 1.29 is 42.9 Å². The molecular weight excluding hydrogens is 1130 g/mol. The van der Waals surface area contributed by atoms with Crippen LogP contribution in [0.3, 0.4) is 0 Å². The number of carboxylic acids is 1. The maximum Gasteiger partial charge on any atom is 0.306 e. The van der Waals surface area contributed by atoms with Crippen LogP contribution in [0.25, 0.3) is 0 Å². The SMILES string of the molecule is CC/C=C\C/C=C\C/C=C\C/C=C\C/C=C\C/C=C\C/C=C\C/C=C\CCCCCCCCCCCCCCC(=O)OC(COC(=O)CCCCCCCCCCCCCCCCCCC/C=C\C/C=C\CCCCCCC)COC(OCC[N+](C)(C)C)C(=O)[O-]. The third-order valence-corrected chi connectivity index (χ3v) is 16.2. The number of esters is 2. The molecule has 0 saturated heterocycles. The molecule has 0 aliphatic rings. The van der Waals surface area contributed by atoms with Crippen molar-refractivity contribution in [1.29, 1.82) is 0 Å². The molecule has 2 atom stereocenters. The van der Waals surface area contributed by atoms with E-state index in [1.54, 1.807) is 0 Å². The molecule has 2 unspecified atom stereocenters. The molecule has 0 aromatic heterocycles. The molecule has 0 aliphatic carbocycles. The minimum atomic E-state index is -1.63. The number of carbonyl (C=O) groups is 3. The zero-order valence-corrected chi connectivity index (χ0v) is 59.7. The lowest BCUT2D eigenvalue weighted by Crippen LogP contribution is -2.44.